The third-order valence-corrected chi connectivity index (χ3v) is 3.05. The zero-order valence-corrected chi connectivity index (χ0v) is 11.6. The molecule has 4 nitrogen and oxygen atoms in total. The van der Waals surface area contributed by atoms with Crippen LogP contribution in [-0.4, -0.2) is 20.1 Å². The molecule has 0 radical (unpaired) electrons. The summed E-state index contributed by atoms with van der Waals surface area (Å²) in [7, 11) is 2.98. The molecule has 0 spiro atoms. The van der Waals surface area contributed by atoms with Crippen LogP contribution in [0.1, 0.15) is 33.5 Å². The minimum atomic E-state index is -0.559. The number of carbonyl (C=O) groups excluding carboxylic acids is 1. The topological polar surface area (TPSA) is 51.5 Å². The first kappa shape index (κ1) is 14.3. The summed E-state index contributed by atoms with van der Waals surface area (Å²) in [6, 6.07) is 7.55. The van der Waals surface area contributed by atoms with Crippen LogP contribution in [0.5, 0.6) is 0 Å². The predicted octanol–water partition coefficient (Wildman–Crippen LogP) is 2.82. The van der Waals surface area contributed by atoms with Crippen molar-refractivity contribution in [3.05, 3.63) is 58.8 Å². The fourth-order valence-corrected chi connectivity index (χ4v) is 2.05. The number of esters is 1. The van der Waals surface area contributed by atoms with Gasteiger partial charge in [-0.2, -0.15) is 0 Å². The molecule has 106 valence electrons. The molecule has 20 heavy (non-hydrogen) atoms. The molecule has 1 atom stereocenters. The van der Waals surface area contributed by atoms with Crippen molar-refractivity contribution in [1.29, 1.82) is 0 Å². The van der Waals surface area contributed by atoms with E-state index >= 15 is 0 Å². The van der Waals surface area contributed by atoms with Crippen LogP contribution >= 0.6 is 0 Å². The lowest BCUT2D eigenvalue weighted by Gasteiger charge is -2.15. The minimum absolute atomic E-state index is 0.0933. The normalized spacial score (nSPS) is 12.2. The van der Waals surface area contributed by atoms with Gasteiger partial charge in [0.25, 0.3) is 0 Å². The molecule has 1 aromatic carbocycles. The first-order chi connectivity index (χ1) is 9.56. The van der Waals surface area contributed by atoms with E-state index in [1.807, 2.05) is 6.92 Å². The number of hydrogen-bond acceptors (Lipinski definition) is 4. The minimum Gasteiger partial charge on any atom is -0.463 e. The summed E-state index contributed by atoms with van der Waals surface area (Å²) in [5.41, 5.74) is 1.42. The molecule has 0 aliphatic rings. The van der Waals surface area contributed by atoms with E-state index < -0.39 is 12.0 Å². The number of carbonyl (C=O) groups is 1. The number of aryl methyl sites for hydroxylation is 1. The Kier molecular flexibility index (Phi) is 4.20. The summed E-state index contributed by atoms with van der Waals surface area (Å²) >= 11 is 0. The van der Waals surface area contributed by atoms with Crippen LogP contribution in [0.3, 0.4) is 0 Å². The van der Waals surface area contributed by atoms with Crippen LogP contribution in [0, 0.1) is 12.7 Å². The van der Waals surface area contributed by atoms with E-state index in [2.05, 4.69) is 10.1 Å². The Morgan fingerprint density at radius 1 is 1.35 bits per heavy atom. The van der Waals surface area contributed by atoms with E-state index in [1.165, 1.54) is 19.2 Å². The third-order valence-electron chi connectivity index (χ3n) is 3.05. The largest absolute Gasteiger partial charge is 0.463 e. The fourth-order valence-electron chi connectivity index (χ4n) is 2.05. The second kappa shape index (κ2) is 5.88. The molecule has 2 rings (SSSR count). The van der Waals surface area contributed by atoms with E-state index in [1.54, 1.807) is 25.2 Å². The average molecular weight is 277 g/mol. The molecular formula is C15H16FNO3. The molecule has 0 aliphatic heterocycles. The van der Waals surface area contributed by atoms with Crippen LogP contribution in [-0.2, 0) is 4.74 Å². The molecule has 1 unspecified atom stereocenters. The van der Waals surface area contributed by atoms with Gasteiger partial charge < -0.3 is 14.5 Å². The molecule has 0 aliphatic carbocycles. The Morgan fingerprint density at radius 2 is 2.10 bits per heavy atom. The van der Waals surface area contributed by atoms with Gasteiger partial charge in [-0.1, -0.05) is 17.7 Å². The summed E-state index contributed by atoms with van der Waals surface area (Å²) in [4.78, 5) is 11.4. The number of ether oxygens (including phenoxy) is 1. The standard InChI is InChI=1S/C15H16FNO3/c1-9-4-5-11(16)10(8-9)14(17-2)12-6-7-13(20-12)15(18)19-3/h4-8,14,17H,1-3H3. The highest BCUT2D eigenvalue weighted by Gasteiger charge is 2.21. The molecule has 0 amide bonds. The number of rotatable bonds is 4. The van der Waals surface area contributed by atoms with Gasteiger partial charge in [0.2, 0.25) is 5.76 Å². The summed E-state index contributed by atoms with van der Waals surface area (Å²) in [6.07, 6.45) is 0. The predicted molar refractivity (Wildman–Crippen MR) is 72.1 cm³/mol. The molecule has 5 heteroatoms. The van der Waals surface area contributed by atoms with Gasteiger partial charge in [0, 0.05) is 5.56 Å². The van der Waals surface area contributed by atoms with E-state index in [0.717, 1.165) is 5.56 Å². The Balaban J connectivity index is 2.39. The van der Waals surface area contributed by atoms with Crippen molar-refractivity contribution in [2.45, 2.75) is 13.0 Å². The summed E-state index contributed by atoms with van der Waals surface area (Å²) in [5.74, 6) is -0.338. The second-order valence-corrected chi connectivity index (χ2v) is 4.44. The number of hydrogen-bond donors (Lipinski definition) is 1. The Labute approximate surface area is 116 Å². The van der Waals surface area contributed by atoms with Crippen molar-refractivity contribution in [2.24, 2.45) is 0 Å². The highest BCUT2D eigenvalue weighted by Crippen LogP contribution is 2.26. The molecule has 0 saturated carbocycles. The van der Waals surface area contributed by atoms with E-state index in [0.29, 0.717) is 11.3 Å². The van der Waals surface area contributed by atoms with Crippen molar-refractivity contribution in [3.8, 4) is 0 Å². The Bertz CT molecular complexity index is 621. The molecular weight excluding hydrogens is 261 g/mol. The third kappa shape index (κ3) is 2.72. The molecule has 0 saturated heterocycles. The van der Waals surface area contributed by atoms with Gasteiger partial charge >= 0.3 is 5.97 Å². The molecule has 1 heterocycles. The van der Waals surface area contributed by atoms with E-state index in [-0.39, 0.29) is 11.6 Å². The van der Waals surface area contributed by atoms with Gasteiger partial charge in [-0.05, 0) is 32.2 Å². The zero-order chi connectivity index (χ0) is 14.7. The van der Waals surface area contributed by atoms with Crippen LogP contribution in [0.25, 0.3) is 0 Å². The van der Waals surface area contributed by atoms with Crippen molar-refractivity contribution < 1.29 is 18.3 Å². The monoisotopic (exact) mass is 277 g/mol. The lowest BCUT2D eigenvalue weighted by Crippen LogP contribution is -2.18. The van der Waals surface area contributed by atoms with Crippen molar-refractivity contribution in [2.75, 3.05) is 14.2 Å². The maximum absolute atomic E-state index is 14.0. The summed E-state index contributed by atoms with van der Waals surface area (Å²) in [5, 5.41) is 2.99. The summed E-state index contributed by atoms with van der Waals surface area (Å²) < 4.78 is 24.0. The molecule has 0 bridgehead atoms. The number of furan rings is 1. The first-order valence-electron chi connectivity index (χ1n) is 6.18. The van der Waals surface area contributed by atoms with E-state index in [4.69, 9.17) is 4.42 Å². The van der Waals surface area contributed by atoms with Gasteiger partial charge in [0.1, 0.15) is 11.6 Å². The van der Waals surface area contributed by atoms with Crippen molar-refractivity contribution >= 4 is 5.97 Å². The Morgan fingerprint density at radius 3 is 2.75 bits per heavy atom. The lowest BCUT2D eigenvalue weighted by atomic mass is 10.0. The van der Waals surface area contributed by atoms with Crippen LogP contribution < -0.4 is 5.32 Å². The van der Waals surface area contributed by atoms with Crippen LogP contribution in [0.4, 0.5) is 4.39 Å². The molecule has 0 fully saturated rings. The maximum atomic E-state index is 14.0. The van der Waals surface area contributed by atoms with Gasteiger partial charge in [0.15, 0.2) is 0 Å². The van der Waals surface area contributed by atoms with Gasteiger partial charge in [-0.3, -0.25) is 0 Å². The lowest BCUT2D eigenvalue weighted by molar-refractivity contribution is 0.0562. The maximum Gasteiger partial charge on any atom is 0.373 e. The molecule has 2 aromatic rings. The average Bonchev–Trinajstić information content (AvgIpc) is 2.92. The quantitative estimate of drug-likeness (QED) is 0.873. The number of nitrogens with one attached hydrogen (secondary N) is 1. The smallest absolute Gasteiger partial charge is 0.373 e. The highest BCUT2D eigenvalue weighted by molar-refractivity contribution is 5.86. The van der Waals surface area contributed by atoms with E-state index in [9.17, 15) is 9.18 Å². The number of methoxy groups -OCH3 is 1. The van der Waals surface area contributed by atoms with Gasteiger partial charge in [-0.25, -0.2) is 9.18 Å². The number of halogens is 1. The SMILES string of the molecule is CNC(c1ccc(C(=O)OC)o1)c1cc(C)ccc1F. The van der Waals surface area contributed by atoms with Gasteiger partial charge in [-0.15, -0.1) is 0 Å². The molecule has 1 N–H and O–H groups in total. The first-order valence-corrected chi connectivity index (χ1v) is 6.18. The van der Waals surface area contributed by atoms with Crippen molar-refractivity contribution in [1.82, 2.24) is 5.32 Å². The summed E-state index contributed by atoms with van der Waals surface area (Å²) in [6.45, 7) is 1.89. The fraction of sp³-hybridized carbons (Fsp3) is 0.267. The van der Waals surface area contributed by atoms with Crippen LogP contribution in [0.2, 0.25) is 0 Å². The number of benzene rings is 1. The second-order valence-electron chi connectivity index (χ2n) is 4.44. The Hall–Kier alpha value is -2.14. The zero-order valence-electron chi connectivity index (χ0n) is 11.6. The highest BCUT2D eigenvalue weighted by atomic mass is 19.1. The van der Waals surface area contributed by atoms with Crippen molar-refractivity contribution in [3.63, 3.8) is 0 Å². The molecule has 1 aromatic heterocycles. The van der Waals surface area contributed by atoms with Crippen LogP contribution in [0.15, 0.2) is 34.7 Å². The van der Waals surface area contributed by atoms with Gasteiger partial charge in [0.05, 0.1) is 13.2 Å².